The minimum Gasteiger partial charge on any atom is -0.461 e. The molecule has 7 nitrogen and oxygen atoms in total. The Kier molecular flexibility index (Phi) is 8.03. The van der Waals surface area contributed by atoms with E-state index in [0.29, 0.717) is 11.4 Å². The Labute approximate surface area is 186 Å². The van der Waals surface area contributed by atoms with Crippen molar-refractivity contribution in [3.63, 3.8) is 0 Å². The quantitative estimate of drug-likeness (QED) is 0.603. The molecule has 2 N–H and O–H groups in total. The Hall–Kier alpha value is -2.45. The van der Waals surface area contributed by atoms with E-state index in [2.05, 4.69) is 5.32 Å². The molecule has 0 aromatic heterocycles. The highest BCUT2D eigenvalue weighted by Crippen LogP contribution is 2.25. The first kappa shape index (κ1) is 23.2. The van der Waals surface area contributed by atoms with Crippen LogP contribution < -0.4 is 5.32 Å². The second-order valence-corrected chi connectivity index (χ2v) is 7.91. The van der Waals surface area contributed by atoms with Gasteiger partial charge in [-0.15, -0.1) is 0 Å². The summed E-state index contributed by atoms with van der Waals surface area (Å²) in [5.41, 5.74) is 3.93. The Morgan fingerprint density at radius 3 is 2.61 bits per heavy atom. The summed E-state index contributed by atoms with van der Waals surface area (Å²) in [7, 11) is 1.41. The molecular weight excluding hydrogens is 422 g/mol. The highest BCUT2D eigenvalue weighted by Gasteiger charge is 2.37. The molecule has 1 aliphatic heterocycles. The third-order valence-electron chi connectivity index (χ3n) is 4.99. The number of amides is 1. The zero-order valence-corrected chi connectivity index (χ0v) is 18.2. The van der Waals surface area contributed by atoms with Crippen molar-refractivity contribution in [2.24, 2.45) is 0 Å². The van der Waals surface area contributed by atoms with Crippen LogP contribution in [0.3, 0.4) is 0 Å². The molecule has 2 aromatic carbocycles. The third kappa shape index (κ3) is 6.27. The molecule has 0 spiro atoms. The number of methoxy groups -OCH3 is 1. The van der Waals surface area contributed by atoms with Gasteiger partial charge in [-0.1, -0.05) is 41.9 Å². The number of hydrogen-bond acceptors (Lipinski definition) is 6. The van der Waals surface area contributed by atoms with Gasteiger partial charge in [0, 0.05) is 12.1 Å². The number of rotatable bonds is 8. The van der Waals surface area contributed by atoms with E-state index in [1.807, 2.05) is 49.4 Å². The van der Waals surface area contributed by atoms with Crippen molar-refractivity contribution in [2.45, 2.75) is 31.6 Å². The molecule has 31 heavy (non-hydrogen) atoms. The number of hydrogen-bond donors (Lipinski definition) is 2. The number of halogens is 1. The summed E-state index contributed by atoms with van der Waals surface area (Å²) in [6, 6.07) is 12.8. The number of aliphatic hydroxyl groups is 1. The topological polar surface area (TPSA) is 94.1 Å². The highest BCUT2D eigenvalue weighted by atomic mass is 35.5. The van der Waals surface area contributed by atoms with E-state index >= 15 is 0 Å². The smallest absolute Gasteiger partial charge is 0.338 e. The molecule has 1 heterocycles. The number of carbonyl (C=O) groups excluding carboxylic acids is 2. The van der Waals surface area contributed by atoms with E-state index in [1.165, 1.54) is 7.11 Å². The van der Waals surface area contributed by atoms with Crippen LogP contribution in [0, 0.1) is 6.92 Å². The molecule has 166 valence electrons. The summed E-state index contributed by atoms with van der Waals surface area (Å²) in [4.78, 5) is 24.1. The molecule has 1 saturated heterocycles. The van der Waals surface area contributed by atoms with Crippen LogP contribution in [0.1, 0.15) is 11.1 Å². The normalized spacial score (nSPS) is 18.2. The van der Waals surface area contributed by atoms with Crippen LogP contribution in [0.25, 0.3) is 11.1 Å². The number of benzene rings is 2. The van der Waals surface area contributed by atoms with E-state index in [1.54, 1.807) is 0 Å². The lowest BCUT2D eigenvalue weighted by molar-refractivity contribution is -0.183. The van der Waals surface area contributed by atoms with Crippen molar-refractivity contribution in [3.8, 4) is 11.1 Å². The molecule has 1 aliphatic rings. The molecule has 8 heteroatoms. The molecule has 2 aromatic rings. The van der Waals surface area contributed by atoms with Crippen molar-refractivity contribution < 1.29 is 28.9 Å². The van der Waals surface area contributed by atoms with Gasteiger partial charge in [-0.3, -0.25) is 4.79 Å². The number of nitrogens with one attached hydrogen (secondary N) is 1. The number of aliphatic hydroxyl groups excluding tert-OH is 1. The van der Waals surface area contributed by atoms with Crippen molar-refractivity contribution in [1.29, 1.82) is 0 Å². The van der Waals surface area contributed by atoms with Crippen molar-refractivity contribution in [3.05, 3.63) is 58.6 Å². The Morgan fingerprint density at radius 1 is 1.23 bits per heavy atom. The van der Waals surface area contributed by atoms with Crippen LogP contribution in [-0.4, -0.2) is 62.2 Å². The van der Waals surface area contributed by atoms with Gasteiger partial charge in [-0.25, -0.2) is 4.79 Å². The van der Waals surface area contributed by atoms with Crippen LogP contribution in [0.4, 0.5) is 0 Å². The van der Waals surface area contributed by atoms with E-state index in [-0.39, 0.29) is 19.8 Å². The lowest BCUT2D eigenvalue weighted by atomic mass is 9.95. The lowest BCUT2D eigenvalue weighted by Gasteiger charge is -2.31. The highest BCUT2D eigenvalue weighted by molar-refractivity contribution is 6.30. The van der Waals surface area contributed by atoms with Gasteiger partial charge in [0.2, 0.25) is 5.91 Å². The van der Waals surface area contributed by atoms with Gasteiger partial charge in [-0.05, 0) is 47.7 Å². The van der Waals surface area contributed by atoms with Crippen LogP contribution in [0.2, 0.25) is 5.02 Å². The minimum absolute atomic E-state index is 0.146. The summed E-state index contributed by atoms with van der Waals surface area (Å²) in [6.07, 6.45) is -2.14. The van der Waals surface area contributed by atoms with Gasteiger partial charge >= 0.3 is 5.97 Å². The summed E-state index contributed by atoms with van der Waals surface area (Å²) in [5, 5.41) is 14.2. The maximum absolute atomic E-state index is 12.1. The number of esters is 1. The lowest BCUT2D eigenvalue weighted by Crippen LogP contribution is -2.55. The molecule has 1 unspecified atom stereocenters. The maximum Gasteiger partial charge on any atom is 0.338 e. The molecule has 3 atom stereocenters. The second kappa shape index (κ2) is 10.7. The van der Waals surface area contributed by atoms with Gasteiger partial charge < -0.3 is 24.6 Å². The number of ether oxygens (including phenoxy) is 3. The average Bonchev–Trinajstić information content (AvgIpc) is 2.73. The number of carbonyl (C=O) groups is 2. The first-order chi connectivity index (χ1) is 14.9. The zero-order valence-electron chi connectivity index (χ0n) is 17.5. The molecule has 1 fully saturated rings. The monoisotopic (exact) mass is 447 g/mol. The number of aryl methyl sites for hydroxylation is 1. The minimum atomic E-state index is -1.27. The van der Waals surface area contributed by atoms with Crippen LogP contribution in [0.5, 0.6) is 0 Å². The van der Waals surface area contributed by atoms with E-state index in [0.717, 1.165) is 22.3 Å². The second-order valence-electron chi connectivity index (χ2n) is 7.47. The summed E-state index contributed by atoms with van der Waals surface area (Å²) in [5.74, 6) is -1.04. The molecule has 0 saturated carbocycles. The fraction of sp³-hybridized carbons (Fsp3) is 0.391. The maximum atomic E-state index is 12.1. The van der Waals surface area contributed by atoms with Gasteiger partial charge in [0.15, 0.2) is 6.10 Å². The van der Waals surface area contributed by atoms with E-state index < -0.39 is 30.1 Å². The summed E-state index contributed by atoms with van der Waals surface area (Å²) < 4.78 is 15.2. The fourth-order valence-electron chi connectivity index (χ4n) is 3.54. The standard InChI is InChI=1S/C23H26ClNO6/c1-14-9-17(12-18(24)10-14)16-5-3-15(4-6-16)11-19(25-20(26)13-29-2)21(27)22-23(28)31-8-7-30-22/h3-6,9-10,12,19,21-22,27H,7-8,11,13H2,1-2H3,(H,25,26)/t19-,21-,22?/m0/s1. The zero-order chi connectivity index (χ0) is 22.4. The van der Waals surface area contributed by atoms with E-state index in [9.17, 15) is 14.7 Å². The SMILES string of the molecule is COCC(=O)N[C@@H](Cc1ccc(-c2cc(C)cc(Cl)c2)cc1)[C@H](O)C1OCCOC1=O. The van der Waals surface area contributed by atoms with Crippen molar-refractivity contribution >= 4 is 23.5 Å². The van der Waals surface area contributed by atoms with Crippen molar-refractivity contribution in [1.82, 2.24) is 5.32 Å². The Balaban J connectivity index is 1.77. The molecule has 0 radical (unpaired) electrons. The Bertz CT molecular complexity index is 897. The molecule has 0 bridgehead atoms. The summed E-state index contributed by atoms with van der Waals surface area (Å²) >= 11 is 6.17. The Morgan fingerprint density at radius 2 is 1.97 bits per heavy atom. The first-order valence-electron chi connectivity index (χ1n) is 9.98. The van der Waals surface area contributed by atoms with Crippen LogP contribution in [-0.2, 0) is 30.2 Å². The third-order valence-corrected chi connectivity index (χ3v) is 5.20. The molecule has 3 rings (SSSR count). The largest absolute Gasteiger partial charge is 0.461 e. The molecule has 1 amide bonds. The predicted molar refractivity (Wildman–Crippen MR) is 116 cm³/mol. The van der Waals surface area contributed by atoms with Crippen LogP contribution in [0.15, 0.2) is 42.5 Å². The predicted octanol–water partition coefficient (Wildman–Crippen LogP) is 2.29. The van der Waals surface area contributed by atoms with Gasteiger partial charge in [0.05, 0.1) is 12.6 Å². The van der Waals surface area contributed by atoms with Crippen LogP contribution >= 0.6 is 11.6 Å². The van der Waals surface area contributed by atoms with Gasteiger partial charge in [0.25, 0.3) is 0 Å². The molecular formula is C23H26ClNO6. The van der Waals surface area contributed by atoms with Crippen molar-refractivity contribution in [2.75, 3.05) is 26.9 Å². The van der Waals surface area contributed by atoms with Gasteiger partial charge in [0.1, 0.15) is 19.3 Å². The average molecular weight is 448 g/mol. The van der Waals surface area contributed by atoms with E-state index in [4.69, 9.17) is 25.8 Å². The molecule has 0 aliphatic carbocycles. The summed E-state index contributed by atoms with van der Waals surface area (Å²) in [6.45, 7) is 2.16. The number of cyclic esters (lactones) is 1. The fourth-order valence-corrected chi connectivity index (χ4v) is 3.83. The first-order valence-corrected chi connectivity index (χ1v) is 10.4. The van der Waals surface area contributed by atoms with Gasteiger partial charge in [-0.2, -0.15) is 0 Å².